The molecule has 5 heteroatoms. The molecule has 21 heavy (non-hydrogen) atoms. The van der Waals surface area contributed by atoms with Crippen molar-refractivity contribution < 1.29 is 19.0 Å². The lowest BCUT2D eigenvalue weighted by Gasteiger charge is -2.36. The van der Waals surface area contributed by atoms with Gasteiger partial charge >= 0.3 is 0 Å². The van der Waals surface area contributed by atoms with Crippen LogP contribution in [0.5, 0.6) is 0 Å². The SMILES string of the molecule is Cc1ccc(C(C)(O)CNC2CCC3(CC2)OCCO3)o1. The van der Waals surface area contributed by atoms with E-state index in [1.165, 1.54) is 0 Å². The first-order valence-electron chi connectivity index (χ1n) is 7.80. The summed E-state index contributed by atoms with van der Waals surface area (Å²) >= 11 is 0. The Kier molecular flexibility index (Phi) is 4.10. The summed E-state index contributed by atoms with van der Waals surface area (Å²) in [6.45, 7) is 5.58. The lowest BCUT2D eigenvalue weighted by atomic mass is 9.89. The van der Waals surface area contributed by atoms with Crippen molar-refractivity contribution in [1.82, 2.24) is 5.32 Å². The Morgan fingerprint density at radius 3 is 2.52 bits per heavy atom. The first-order chi connectivity index (χ1) is 9.99. The Balaban J connectivity index is 1.49. The van der Waals surface area contributed by atoms with E-state index in [-0.39, 0.29) is 5.79 Å². The van der Waals surface area contributed by atoms with Crippen molar-refractivity contribution in [3.63, 3.8) is 0 Å². The van der Waals surface area contributed by atoms with E-state index in [9.17, 15) is 5.11 Å². The van der Waals surface area contributed by atoms with Crippen LogP contribution in [-0.4, -0.2) is 36.7 Å². The standard InChI is InChI=1S/C16H25NO4/c1-12-3-4-14(21-12)15(2,18)11-17-13-5-7-16(8-6-13)19-9-10-20-16/h3-4,13,17-18H,5-11H2,1-2H3. The Morgan fingerprint density at radius 2 is 1.95 bits per heavy atom. The molecule has 1 spiro atoms. The first-order valence-corrected chi connectivity index (χ1v) is 7.80. The molecule has 5 nitrogen and oxygen atoms in total. The molecule has 2 heterocycles. The summed E-state index contributed by atoms with van der Waals surface area (Å²) in [5.41, 5.74) is -0.982. The zero-order chi connectivity index (χ0) is 14.9. The largest absolute Gasteiger partial charge is 0.463 e. The van der Waals surface area contributed by atoms with E-state index in [0.29, 0.717) is 31.6 Å². The molecule has 3 rings (SSSR count). The second kappa shape index (κ2) is 5.72. The summed E-state index contributed by atoms with van der Waals surface area (Å²) in [5.74, 6) is 1.11. The topological polar surface area (TPSA) is 63.9 Å². The first kappa shape index (κ1) is 15.0. The number of furan rings is 1. The van der Waals surface area contributed by atoms with Gasteiger partial charge in [0.05, 0.1) is 13.2 Å². The third-order valence-electron chi connectivity index (χ3n) is 4.57. The minimum atomic E-state index is -0.982. The van der Waals surface area contributed by atoms with Crippen LogP contribution in [0.25, 0.3) is 0 Å². The maximum atomic E-state index is 10.5. The Hall–Kier alpha value is -0.880. The highest BCUT2D eigenvalue weighted by Crippen LogP contribution is 2.36. The summed E-state index contributed by atoms with van der Waals surface area (Å²) in [7, 11) is 0. The van der Waals surface area contributed by atoms with E-state index in [1.54, 1.807) is 6.92 Å². The number of hydrogen-bond donors (Lipinski definition) is 2. The minimum absolute atomic E-state index is 0.321. The molecule has 2 N–H and O–H groups in total. The van der Waals surface area contributed by atoms with Gasteiger partial charge in [-0.15, -0.1) is 0 Å². The number of hydrogen-bond acceptors (Lipinski definition) is 5. The Bertz CT molecular complexity index is 466. The normalized spacial score (nSPS) is 25.3. The van der Waals surface area contributed by atoms with Gasteiger partial charge in [-0.2, -0.15) is 0 Å². The van der Waals surface area contributed by atoms with E-state index in [4.69, 9.17) is 13.9 Å². The predicted octanol–water partition coefficient (Wildman–Crippen LogP) is 2.07. The summed E-state index contributed by atoms with van der Waals surface area (Å²) in [4.78, 5) is 0. The zero-order valence-corrected chi connectivity index (χ0v) is 12.9. The Morgan fingerprint density at radius 1 is 1.29 bits per heavy atom. The van der Waals surface area contributed by atoms with Crippen molar-refractivity contribution >= 4 is 0 Å². The van der Waals surface area contributed by atoms with E-state index >= 15 is 0 Å². The number of rotatable bonds is 4. The highest BCUT2D eigenvalue weighted by Gasteiger charge is 2.40. The van der Waals surface area contributed by atoms with Crippen LogP contribution in [0.15, 0.2) is 16.5 Å². The molecule has 1 aliphatic carbocycles. The zero-order valence-electron chi connectivity index (χ0n) is 12.9. The van der Waals surface area contributed by atoms with Crippen LogP contribution >= 0.6 is 0 Å². The highest BCUT2D eigenvalue weighted by atomic mass is 16.7. The van der Waals surface area contributed by atoms with Crippen LogP contribution in [0.1, 0.15) is 44.1 Å². The number of aryl methyl sites for hydroxylation is 1. The van der Waals surface area contributed by atoms with Crippen molar-refractivity contribution in [2.75, 3.05) is 19.8 Å². The molecule has 0 aromatic carbocycles. The second-order valence-corrected chi connectivity index (χ2v) is 6.45. The molecular formula is C16H25NO4. The smallest absolute Gasteiger partial charge is 0.168 e. The highest BCUT2D eigenvalue weighted by molar-refractivity contribution is 5.13. The average molecular weight is 295 g/mol. The maximum absolute atomic E-state index is 10.5. The third-order valence-corrected chi connectivity index (χ3v) is 4.57. The molecule has 1 aromatic rings. The van der Waals surface area contributed by atoms with Crippen molar-refractivity contribution in [3.8, 4) is 0 Å². The van der Waals surface area contributed by atoms with Crippen LogP contribution < -0.4 is 5.32 Å². The molecule has 0 bridgehead atoms. The summed E-state index contributed by atoms with van der Waals surface area (Å²) in [6, 6.07) is 4.11. The van der Waals surface area contributed by atoms with Crippen LogP contribution in [0.2, 0.25) is 0 Å². The van der Waals surface area contributed by atoms with Crippen LogP contribution in [0.3, 0.4) is 0 Å². The van der Waals surface area contributed by atoms with E-state index in [2.05, 4.69) is 5.32 Å². The van der Waals surface area contributed by atoms with E-state index < -0.39 is 5.60 Å². The fraction of sp³-hybridized carbons (Fsp3) is 0.750. The molecule has 0 radical (unpaired) electrons. The predicted molar refractivity (Wildman–Crippen MR) is 77.9 cm³/mol. The second-order valence-electron chi connectivity index (χ2n) is 6.45. The van der Waals surface area contributed by atoms with Crippen LogP contribution in [-0.2, 0) is 15.1 Å². The van der Waals surface area contributed by atoms with Gasteiger partial charge in [-0.25, -0.2) is 0 Å². The summed E-state index contributed by atoms with van der Waals surface area (Å²) < 4.78 is 17.0. The number of nitrogens with one attached hydrogen (secondary N) is 1. The van der Waals surface area contributed by atoms with E-state index in [0.717, 1.165) is 31.4 Å². The molecule has 2 fully saturated rings. The molecule has 118 valence electrons. The van der Waals surface area contributed by atoms with Gasteiger partial charge < -0.3 is 24.3 Å². The molecular weight excluding hydrogens is 270 g/mol. The molecule has 0 amide bonds. The van der Waals surface area contributed by atoms with Gasteiger partial charge in [-0.1, -0.05) is 0 Å². The number of aliphatic hydroxyl groups is 1. The van der Waals surface area contributed by atoms with Crippen molar-refractivity contribution in [3.05, 3.63) is 23.7 Å². The molecule has 1 saturated heterocycles. The Labute approximate surface area is 125 Å². The lowest BCUT2D eigenvalue weighted by Crippen LogP contribution is -2.46. The quantitative estimate of drug-likeness (QED) is 0.890. The van der Waals surface area contributed by atoms with Crippen molar-refractivity contribution in [2.24, 2.45) is 0 Å². The van der Waals surface area contributed by atoms with E-state index in [1.807, 2.05) is 19.1 Å². The molecule has 1 unspecified atom stereocenters. The summed E-state index contributed by atoms with van der Waals surface area (Å²) in [5, 5.41) is 14.0. The van der Waals surface area contributed by atoms with Gasteiger partial charge in [0.1, 0.15) is 17.1 Å². The van der Waals surface area contributed by atoms with Gasteiger partial charge in [0.25, 0.3) is 0 Å². The van der Waals surface area contributed by atoms with Gasteiger partial charge in [0.15, 0.2) is 5.79 Å². The maximum Gasteiger partial charge on any atom is 0.168 e. The van der Waals surface area contributed by atoms with Crippen LogP contribution in [0, 0.1) is 6.92 Å². The molecule has 1 saturated carbocycles. The van der Waals surface area contributed by atoms with Crippen LogP contribution in [0.4, 0.5) is 0 Å². The van der Waals surface area contributed by atoms with Crippen molar-refractivity contribution in [1.29, 1.82) is 0 Å². The lowest BCUT2D eigenvalue weighted by molar-refractivity contribution is -0.179. The third kappa shape index (κ3) is 3.31. The van der Waals surface area contributed by atoms with Gasteiger partial charge in [-0.05, 0) is 38.8 Å². The molecule has 1 aliphatic heterocycles. The van der Waals surface area contributed by atoms with Crippen molar-refractivity contribution in [2.45, 2.75) is 57.0 Å². The average Bonchev–Trinajstić information content (AvgIpc) is 3.09. The fourth-order valence-corrected chi connectivity index (χ4v) is 3.20. The van der Waals surface area contributed by atoms with Gasteiger partial charge in [-0.3, -0.25) is 0 Å². The molecule has 1 aromatic heterocycles. The molecule has 1 atom stereocenters. The van der Waals surface area contributed by atoms with Gasteiger partial charge in [0.2, 0.25) is 0 Å². The monoisotopic (exact) mass is 295 g/mol. The fourth-order valence-electron chi connectivity index (χ4n) is 3.20. The molecule has 2 aliphatic rings. The number of ether oxygens (including phenoxy) is 2. The van der Waals surface area contributed by atoms with Gasteiger partial charge in [0, 0.05) is 25.4 Å². The summed E-state index contributed by atoms with van der Waals surface area (Å²) in [6.07, 6.45) is 3.86. The minimum Gasteiger partial charge on any atom is -0.463 e.